The Balaban J connectivity index is 3.31. The summed E-state index contributed by atoms with van der Waals surface area (Å²) in [4.78, 5) is 0. The highest BCUT2D eigenvalue weighted by atomic mass is 35.5. The number of aryl methyl sites for hydroxylation is 2. The minimum Gasteiger partial charge on any atom is -0.495 e. The predicted molar refractivity (Wildman–Crippen MR) is 58.3 cm³/mol. The van der Waals surface area contributed by atoms with Crippen molar-refractivity contribution in [1.82, 2.24) is 0 Å². The van der Waals surface area contributed by atoms with Gasteiger partial charge in [-0.1, -0.05) is 17.7 Å². The van der Waals surface area contributed by atoms with Crippen LogP contribution in [-0.2, 0) is 6.42 Å². The summed E-state index contributed by atoms with van der Waals surface area (Å²) >= 11 is 6.10. The normalized spacial score (nSPS) is 10.4. The summed E-state index contributed by atoms with van der Waals surface area (Å²) in [5, 5.41) is 9.57. The molecular formula is C11H15ClO2. The quantitative estimate of drug-likeness (QED) is 0.838. The van der Waals surface area contributed by atoms with Gasteiger partial charge in [-0.3, -0.25) is 0 Å². The molecule has 78 valence electrons. The minimum absolute atomic E-state index is 0.108. The third kappa shape index (κ3) is 2.02. The Morgan fingerprint density at radius 2 is 2.00 bits per heavy atom. The molecule has 0 aliphatic rings. The molecule has 0 aliphatic carbocycles. The van der Waals surface area contributed by atoms with E-state index in [1.54, 1.807) is 7.11 Å². The van der Waals surface area contributed by atoms with E-state index in [-0.39, 0.29) is 6.61 Å². The van der Waals surface area contributed by atoms with Crippen LogP contribution in [0.5, 0.6) is 5.75 Å². The molecule has 0 spiro atoms. The Morgan fingerprint density at radius 1 is 1.36 bits per heavy atom. The fourth-order valence-corrected chi connectivity index (χ4v) is 1.85. The number of methoxy groups -OCH3 is 1. The molecule has 1 aromatic rings. The van der Waals surface area contributed by atoms with E-state index in [1.165, 1.54) is 0 Å². The number of aliphatic hydroxyl groups is 1. The van der Waals surface area contributed by atoms with Gasteiger partial charge in [-0.25, -0.2) is 0 Å². The largest absolute Gasteiger partial charge is 0.495 e. The van der Waals surface area contributed by atoms with Gasteiger partial charge in [0.25, 0.3) is 0 Å². The van der Waals surface area contributed by atoms with Crippen LogP contribution in [0, 0.1) is 13.8 Å². The molecule has 0 heterocycles. The highest BCUT2D eigenvalue weighted by Gasteiger charge is 2.12. The van der Waals surface area contributed by atoms with Crippen molar-refractivity contribution < 1.29 is 9.84 Å². The van der Waals surface area contributed by atoms with Gasteiger partial charge in [-0.05, 0) is 31.4 Å². The lowest BCUT2D eigenvalue weighted by molar-refractivity contribution is 0.296. The van der Waals surface area contributed by atoms with E-state index in [4.69, 9.17) is 21.4 Å². The summed E-state index contributed by atoms with van der Waals surface area (Å²) in [6, 6.07) is 2.01. The highest BCUT2D eigenvalue weighted by molar-refractivity contribution is 6.33. The number of benzene rings is 1. The van der Waals surface area contributed by atoms with Crippen LogP contribution in [0.1, 0.15) is 16.7 Å². The molecule has 3 heteroatoms. The van der Waals surface area contributed by atoms with Crippen molar-refractivity contribution in [2.24, 2.45) is 0 Å². The standard InChI is InChI=1S/C11H15ClO2/c1-7-6-8(2)10(12)11(14-3)9(7)4-5-13/h6,13H,4-5H2,1-3H3. The molecule has 2 nitrogen and oxygen atoms in total. The lowest BCUT2D eigenvalue weighted by Gasteiger charge is -2.14. The maximum atomic E-state index is 8.93. The van der Waals surface area contributed by atoms with Gasteiger partial charge in [0.1, 0.15) is 5.75 Å². The lowest BCUT2D eigenvalue weighted by Crippen LogP contribution is -2.00. The molecule has 0 aliphatic heterocycles. The second-order valence-corrected chi connectivity index (χ2v) is 3.69. The zero-order valence-corrected chi connectivity index (χ0v) is 9.48. The van der Waals surface area contributed by atoms with E-state index in [2.05, 4.69) is 0 Å². The molecule has 0 saturated heterocycles. The predicted octanol–water partition coefficient (Wildman–Crippen LogP) is 2.50. The lowest BCUT2D eigenvalue weighted by atomic mass is 10.0. The summed E-state index contributed by atoms with van der Waals surface area (Å²) in [5.74, 6) is 0.693. The molecule has 0 unspecified atom stereocenters. The van der Waals surface area contributed by atoms with E-state index in [0.717, 1.165) is 16.7 Å². The number of hydrogen-bond acceptors (Lipinski definition) is 2. The van der Waals surface area contributed by atoms with Crippen LogP contribution in [0.4, 0.5) is 0 Å². The van der Waals surface area contributed by atoms with Crippen LogP contribution in [0.15, 0.2) is 6.07 Å². The van der Waals surface area contributed by atoms with Gasteiger partial charge < -0.3 is 9.84 Å². The number of rotatable bonds is 3. The van der Waals surface area contributed by atoms with Gasteiger partial charge in [0.05, 0.1) is 12.1 Å². The van der Waals surface area contributed by atoms with Crippen LogP contribution < -0.4 is 4.74 Å². The maximum Gasteiger partial charge on any atom is 0.141 e. The summed E-state index contributed by atoms with van der Waals surface area (Å²) in [6.45, 7) is 4.05. The van der Waals surface area contributed by atoms with E-state index < -0.39 is 0 Å². The summed E-state index contributed by atoms with van der Waals surface area (Å²) in [6.07, 6.45) is 0.578. The van der Waals surface area contributed by atoms with Crippen molar-refractivity contribution in [3.8, 4) is 5.75 Å². The van der Waals surface area contributed by atoms with Crippen LogP contribution in [0.3, 0.4) is 0 Å². The molecule has 0 amide bonds. The Hall–Kier alpha value is -0.730. The molecular weight excluding hydrogens is 200 g/mol. The van der Waals surface area contributed by atoms with Gasteiger partial charge in [0.15, 0.2) is 0 Å². The second-order valence-electron chi connectivity index (χ2n) is 3.31. The van der Waals surface area contributed by atoms with E-state index in [0.29, 0.717) is 17.2 Å². The van der Waals surface area contributed by atoms with Gasteiger partial charge in [0.2, 0.25) is 0 Å². The van der Waals surface area contributed by atoms with Crippen LogP contribution in [-0.4, -0.2) is 18.8 Å². The fourth-order valence-electron chi connectivity index (χ4n) is 1.60. The molecule has 0 radical (unpaired) electrons. The first kappa shape index (κ1) is 11.3. The zero-order valence-electron chi connectivity index (χ0n) is 8.72. The molecule has 1 aromatic carbocycles. The van der Waals surface area contributed by atoms with Gasteiger partial charge in [-0.15, -0.1) is 0 Å². The van der Waals surface area contributed by atoms with Crippen molar-refractivity contribution in [2.75, 3.05) is 13.7 Å². The van der Waals surface area contributed by atoms with Crippen molar-refractivity contribution in [2.45, 2.75) is 20.3 Å². The Morgan fingerprint density at radius 3 is 2.50 bits per heavy atom. The Bertz CT molecular complexity index is 335. The average molecular weight is 215 g/mol. The van der Waals surface area contributed by atoms with Crippen LogP contribution in [0.25, 0.3) is 0 Å². The van der Waals surface area contributed by atoms with Gasteiger partial charge in [-0.2, -0.15) is 0 Å². The average Bonchev–Trinajstić information content (AvgIpc) is 2.15. The van der Waals surface area contributed by atoms with E-state index >= 15 is 0 Å². The zero-order chi connectivity index (χ0) is 10.7. The molecule has 1 rings (SSSR count). The third-order valence-corrected chi connectivity index (χ3v) is 2.76. The number of aliphatic hydroxyl groups excluding tert-OH is 1. The second kappa shape index (κ2) is 4.67. The van der Waals surface area contributed by atoms with Gasteiger partial charge >= 0.3 is 0 Å². The fraction of sp³-hybridized carbons (Fsp3) is 0.455. The van der Waals surface area contributed by atoms with Crippen LogP contribution >= 0.6 is 11.6 Å². The monoisotopic (exact) mass is 214 g/mol. The first-order valence-electron chi connectivity index (χ1n) is 4.55. The number of ether oxygens (including phenoxy) is 1. The molecule has 1 N–H and O–H groups in total. The van der Waals surface area contributed by atoms with Crippen molar-refractivity contribution in [3.05, 3.63) is 27.8 Å². The van der Waals surface area contributed by atoms with Gasteiger partial charge in [0, 0.05) is 12.2 Å². The summed E-state index contributed by atoms with van der Waals surface area (Å²) in [7, 11) is 1.60. The maximum absolute atomic E-state index is 8.93. The van der Waals surface area contributed by atoms with Crippen LogP contribution in [0.2, 0.25) is 5.02 Å². The van der Waals surface area contributed by atoms with E-state index in [9.17, 15) is 0 Å². The Kier molecular flexibility index (Phi) is 3.78. The number of hydrogen-bond donors (Lipinski definition) is 1. The van der Waals surface area contributed by atoms with E-state index in [1.807, 2.05) is 19.9 Å². The smallest absolute Gasteiger partial charge is 0.141 e. The summed E-state index contributed by atoms with van der Waals surface area (Å²) in [5.41, 5.74) is 3.10. The minimum atomic E-state index is 0.108. The summed E-state index contributed by atoms with van der Waals surface area (Å²) < 4.78 is 5.25. The molecule has 0 saturated carbocycles. The van der Waals surface area contributed by atoms with Crippen molar-refractivity contribution in [3.63, 3.8) is 0 Å². The highest BCUT2D eigenvalue weighted by Crippen LogP contribution is 2.34. The third-order valence-electron chi connectivity index (χ3n) is 2.29. The molecule has 0 aromatic heterocycles. The Labute approximate surface area is 89.5 Å². The molecule has 0 atom stereocenters. The topological polar surface area (TPSA) is 29.5 Å². The first-order chi connectivity index (χ1) is 6.61. The van der Waals surface area contributed by atoms with Crippen molar-refractivity contribution >= 4 is 11.6 Å². The SMILES string of the molecule is COc1c(Cl)c(C)cc(C)c1CCO. The first-order valence-corrected chi connectivity index (χ1v) is 4.93. The molecule has 0 fully saturated rings. The number of halogens is 1. The molecule has 14 heavy (non-hydrogen) atoms. The van der Waals surface area contributed by atoms with Crippen molar-refractivity contribution in [1.29, 1.82) is 0 Å². The molecule has 0 bridgehead atoms.